The molecule has 4 aliphatic rings. The Bertz CT molecular complexity index is 1830. The first kappa shape index (κ1) is 29.6. The molecule has 3 fully saturated rings. The minimum Gasteiger partial charge on any atom is -0.480 e. The summed E-state index contributed by atoms with van der Waals surface area (Å²) in [7, 11) is 1.58. The average Bonchev–Trinajstić information content (AvgIpc) is 3.71. The lowest BCUT2D eigenvalue weighted by Gasteiger charge is -2.31. The Hall–Kier alpha value is -3.83. The lowest BCUT2D eigenvalue weighted by molar-refractivity contribution is 0.108. The summed E-state index contributed by atoms with van der Waals surface area (Å²) in [6.45, 7) is 9.34. The van der Waals surface area contributed by atoms with Crippen molar-refractivity contribution >= 4 is 27.6 Å². The highest BCUT2D eigenvalue weighted by Crippen LogP contribution is 2.46. The molecule has 3 aromatic heterocycles. The Morgan fingerprint density at radius 3 is 2.93 bits per heavy atom. The Morgan fingerprint density at radius 2 is 2.07 bits per heavy atom. The van der Waals surface area contributed by atoms with Gasteiger partial charge in [0, 0.05) is 37.2 Å². The number of pyridine rings is 1. The molecule has 2 atom stereocenters. The SMILES string of the molecule is C/C=C1\CN2CCCC2(COc2nc(N3CCCOCC3)c3c(OC)nc(-c4c5c(cc6[nH]ncc46)CCCC5C)c(F)c3n2)C1. The highest BCUT2D eigenvalue weighted by molar-refractivity contribution is 6.01. The Labute approximate surface area is 268 Å². The Morgan fingerprint density at radius 1 is 1.15 bits per heavy atom. The number of allylic oxidation sites excluding steroid dienone is 1. The summed E-state index contributed by atoms with van der Waals surface area (Å²) in [4.78, 5) is 19.3. The quantitative estimate of drug-likeness (QED) is 0.260. The fourth-order valence-electron chi connectivity index (χ4n) is 8.37. The van der Waals surface area contributed by atoms with E-state index in [1.165, 1.54) is 11.1 Å². The third-order valence-electron chi connectivity index (χ3n) is 10.7. The van der Waals surface area contributed by atoms with Crippen molar-refractivity contribution in [3.8, 4) is 23.1 Å². The average molecular weight is 628 g/mol. The largest absolute Gasteiger partial charge is 0.480 e. The molecule has 0 amide bonds. The van der Waals surface area contributed by atoms with Gasteiger partial charge in [-0.3, -0.25) is 10.00 Å². The van der Waals surface area contributed by atoms with Gasteiger partial charge < -0.3 is 19.1 Å². The number of methoxy groups -OCH3 is 1. The van der Waals surface area contributed by atoms with Gasteiger partial charge in [-0.15, -0.1) is 0 Å². The molecular formula is C35H42FN7O3. The normalized spacial score (nSPS) is 24.5. The van der Waals surface area contributed by atoms with Crippen molar-refractivity contribution in [1.29, 1.82) is 0 Å². The van der Waals surface area contributed by atoms with Crippen molar-refractivity contribution in [3.05, 3.63) is 40.9 Å². The first-order valence-electron chi connectivity index (χ1n) is 16.8. The molecule has 0 bridgehead atoms. The molecule has 10 nitrogen and oxygen atoms in total. The number of anilines is 1. The van der Waals surface area contributed by atoms with E-state index in [0.29, 0.717) is 50.0 Å². The lowest BCUT2D eigenvalue weighted by atomic mass is 9.79. The smallest absolute Gasteiger partial charge is 0.319 e. The molecule has 2 unspecified atom stereocenters. The first-order chi connectivity index (χ1) is 22.5. The third-order valence-corrected chi connectivity index (χ3v) is 10.7. The zero-order valence-corrected chi connectivity index (χ0v) is 27.0. The Kier molecular flexibility index (Phi) is 7.56. The van der Waals surface area contributed by atoms with E-state index in [1.54, 1.807) is 13.3 Å². The van der Waals surface area contributed by atoms with Crippen molar-refractivity contribution in [1.82, 2.24) is 30.0 Å². The van der Waals surface area contributed by atoms with E-state index in [2.05, 4.69) is 46.0 Å². The number of nitrogens with zero attached hydrogens (tertiary/aromatic N) is 6. The van der Waals surface area contributed by atoms with Crippen molar-refractivity contribution in [3.63, 3.8) is 0 Å². The van der Waals surface area contributed by atoms with Crippen LogP contribution in [0.25, 0.3) is 33.1 Å². The van der Waals surface area contributed by atoms with Crippen LogP contribution in [-0.2, 0) is 11.2 Å². The molecule has 46 heavy (non-hydrogen) atoms. The van der Waals surface area contributed by atoms with Crippen molar-refractivity contribution in [2.24, 2.45) is 0 Å². The zero-order chi connectivity index (χ0) is 31.4. The van der Waals surface area contributed by atoms with Gasteiger partial charge in [-0.2, -0.15) is 15.1 Å². The van der Waals surface area contributed by atoms with Gasteiger partial charge in [-0.05, 0) is 81.5 Å². The fraction of sp³-hybridized carbons (Fsp3) is 0.543. The summed E-state index contributed by atoms with van der Waals surface area (Å²) in [5, 5.41) is 8.75. The number of fused-ring (bicyclic) bond motifs is 4. The van der Waals surface area contributed by atoms with Gasteiger partial charge in [0.15, 0.2) is 5.82 Å². The number of hydrogen-bond acceptors (Lipinski definition) is 9. The summed E-state index contributed by atoms with van der Waals surface area (Å²) in [5.74, 6) is 0.616. The minimum atomic E-state index is -0.498. The summed E-state index contributed by atoms with van der Waals surface area (Å²) < 4.78 is 35.5. The number of aryl methyl sites for hydroxylation is 1. The molecule has 11 heteroatoms. The standard InChI is InChI=1S/C35H42FN7O3/c1-4-22-17-35(10-6-12-43(35)19-22)20-46-34-39-31-28(32(40-34)42-11-7-14-45-15-13-42)33(44-3)38-30(29(31)36)27-24-18-37-41-25(24)16-23-9-5-8-21(2)26(23)27/h4,16,18,21H,5-15,17,19-20H2,1-3H3,(H,37,41)/b22-4-. The maximum Gasteiger partial charge on any atom is 0.319 e. The molecule has 0 radical (unpaired) electrons. The maximum absolute atomic E-state index is 17.3. The maximum atomic E-state index is 17.3. The molecule has 6 heterocycles. The number of nitrogens with one attached hydrogen (secondary N) is 1. The van der Waals surface area contributed by atoms with Crippen LogP contribution < -0.4 is 14.4 Å². The number of aromatic amines is 1. The molecule has 3 aliphatic heterocycles. The van der Waals surface area contributed by atoms with E-state index in [9.17, 15) is 0 Å². The third kappa shape index (κ3) is 4.81. The number of hydrogen-bond donors (Lipinski definition) is 1. The van der Waals surface area contributed by atoms with E-state index in [4.69, 9.17) is 29.2 Å². The number of rotatable bonds is 6. The van der Waals surface area contributed by atoms with E-state index >= 15 is 4.39 Å². The highest BCUT2D eigenvalue weighted by atomic mass is 19.1. The van der Waals surface area contributed by atoms with E-state index < -0.39 is 5.82 Å². The number of ether oxygens (including phenoxy) is 3. The van der Waals surface area contributed by atoms with E-state index in [1.807, 2.05) is 0 Å². The molecule has 242 valence electrons. The van der Waals surface area contributed by atoms with Crippen LogP contribution in [0, 0.1) is 5.82 Å². The van der Waals surface area contributed by atoms with Crippen molar-refractivity contribution in [2.75, 3.05) is 58.0 Å². The zero-order valence-electron chi connectivity index (χ0n) is 27.0. The number of aromatic nitrogens is 5. The first-order valence-corrected chi connectivity index (χ1v) is 16.8. The minimum absolute atomic E-state index is 0.0808. The lowest BCUT2D eigenvalue weighted by Crippen LogP contribution is -2.43. The van der Waals surface area contributed by atoms with Crippen LogP contribution in [0.2, 0.25) is 0 Å². The van der Waals surface area contributed by atoms with Gasteiger partial charge >= 0.3 is 6.01 Å². The van der Waals surface area contributed by atoms with Crippen molar-refractivity contribution < 1.29 is 18.6 Å². The van der Waals surface area contributed by atoms with Crippen LogP contribution >= 0.6 is 0 Å². The van der Waals surface area contributed by atoms with E-state index in [-0.39, 0.29) is 28.7 Å². The van der Waals surface area contributed by atoms with E-state index in [0.717, 1.165) is 80.1 Å². The van der Waals surface area contributed by atoms with Crippen LogP contribution in [0.1, 0.15) is 69.4 Å². The predicted octanol–water partition coefficient (Wildman–Crippen LogP) is 5.95. The molecule has 4 aromatic rings. The van der Waals surface area contributed by atoms with Gasteiger partial charge in [0.05, 0.1) is 31.0 Å². The Balaban J connectivity index is 1.31. The van der Waals surface area contributed by atoms with Crippen LogP contribution in [-0.4, -0.2) is 88.7 Å². The van der Waals surface area contributed by atoms with Gasteiger partial charge in [0.1, 0.15) is 29.0 Å². The fourth-order valence-corrected chi connectivity index (χ4v) is 8.37. The van der Waals surface area contributed by atoms with Crippen LogP contribution in [0.5, 0.6) is 11.9 Å². The molecule has 8 rings (SSSR count). The second-order valence-electron chi connectivity index (χ2n) is 13.4. The molecular weight excluding hydrogens is 585 g/mol. The van der Waals surface area contributed by atoms with Gasteiger partial charge in [0.2, 0.25) is 5.88 Å². The second kappa shape index (κ2) is 11.8. The van der Waals surface area contributed by atoms with Gasteiger partial charge in [-0.1, -0.05) is 18.6 Å². The molecule has 3 saturated heterocycles. The summed E-state index contributed by atoms with van der Waals surface area (Å²) in [6, 6.07) is 2.34. The number of benzene rings is 1. The number of H-pyrrole nitrogens is 1. The van der Waals surface area contributed by atoms with Gasteiger partial charge in [0.25, 0.3) is 0 Å². The second-order valence-corrected chi connectivity index (χ2v) is 13.4. The summed E-state index contributed by atoms with van der Waals surface area (Å²) in [6.07, 6.45) is 11.1. The molecule has 0 spiro atoms. The van der Waals surface area contributed by atoms with Gasteiger partial charge in [-0.25, -0.2) is 9.37 Å². The molecule has 1 aliphatic carbocycles. The van der Waals surface area contributed by atoms with Crippen LogP contribution in [0.15, 0.2) is 23.9 Å². The predicted molar refractivity (Wildman–Crippen MR) is 175 cm³/mol. The topological polar surface area (TPSA) is 102 Å². The molecule has 1 N–H and O–H groups in total. The molecule has 0 saturated carbocycles. The summed E-state index contributed by atoms with van der Waals surface area (Å²) >= 11 is 0. The molecule has 1 aromatic carbocycles. The summed E-state index contributed by atoms with van der Waals surface area (Å²) in [5.41, 5.74) is 5.72. The monoisotopic (exact) mass is 627 g/mol. The highest BCUT2D eigenvalue weighted by Gasteiger charge is 2.47. The van der Waals surface area contributed by atoms with Crippen LogP contribution in [0.3, 0.4) is 0 Å². The van der Waals surface area contributed by atoms with Crippen molar-refractivity contribution in [2.45, 2.75) is 70.3 Å². The number of halogens is 1. The van der Waals surface area contributed by atoms with Crippen LogP contribution in [0.4, 0.5) is 10.2 Å².